The lowest BCUT2D eigenvalue weighted by Gasteiger charge is -2.22. The van der Waals surface area contributed by atoms with Crippen LogP contribution >= 0.6 is 0 Å². The van der Waals surface area contributed by atoms with E-state index in [0.29, 0.717) is 12.3 Å². The van der Waals surface area contributed by atoms with Gasteiger partial charge in [-0.15, -0.1) is 0 Å². The maximum atomic E-state index is 6.24. The van der Waals surface area contributed by atoms with Crippen molar-refractivity contribution in [1.82, 2.24) is 0 Å². The van der Waals surface area contributed by atoms with E-state index in [0.717, 1.165) is 24.4 Å². The first-order valence-electron chi connectivity index (χ1n) is 7.39. The lowest BCUT2D eigenvalue weighted by molar-refractivity contribution is 0.319. The van der Waals surface area contributed by atoms with Crippen molar-refractivity contribution in [2.24, 2.45) is 0 Å². The topological polar surface area (TPSA) is 38.5 Å². The Balaban J connectivity index is 2.14. The molecule has 0 amide bonds. The highest BCUT2D eigenvalue weighted by atomic mass is 16.5. The SMILES string of the molecule is CCCOc1cccc(N(C)Cc2ccc(C)cc2)c1N. The summed E-state index contributed by atoms with van der Waals surface area (Å²) in [6, 6.07) is 14.5. The Hall–Kier alpha value is -2.16. The minimum absolute atomic E-state index is 0.690. The van der Waals surface area contributed by atoms with Gasteiger partial charge in [-0.1, -0.05) is 42.8 Å². The Kier molecular flexibility index (Phi) is 5.09. The Bertz CT molecular complexity index is 578. The normalized spacial score (nSPS) is 10.4. The summed E-state index contributed by atoms with van der Waals surface area (Å²) in [5.41, 5.74) is 10.5. The fourth-order valence-electron chi connectivity index (χ4n) is 2.26. The molecule has 21 heavy (non-hydrogen) atoms. The molecular formula is C18H24N2O. The van der Waals surface area contributed by atoms with Gasteiger partial charge in [-0.3, -0.25) is 0 Å². The van der Waals surface area contributed by atoms with Gasteiger partial charge in [0.15, 0.2) is 0 Å². The van der Waals surface area contributed by atoms with Crippen LogP contribution in [-0.4, -0.2) is 13.7 Å². The predicted octanol–water partition coefficient (Wildman–Crippen LogP) is 4.00. The molecule has 0 aliphatic carbocycles. The third-order valence-electron chi connectivity index (χ3n) is 3.46. The van der Waals surface area contributed by atoms with Crippen LogP contribution in [0.5, 0.6) is 5.75 Å². The highest BCUT2D eigenvalue weighted by molar-refractivity contribution is 5.73. The van der Waals surface area contributed by atoms with E-state index in [2.05, 4.69) is 50.1 Å². The highest BCUT2D eigenvalue weighted by Gasteiger charge is 2.10. The first-order chi connectivity index (χ1) is 10.1. The number of hydrogen-bond acceptors (Lipinski definition) is 3. The molecule has 3 heteroatoms. The molecule has 0 aromatic heterocycles. The van der Waals surface area contributed by atoms with Gasteiger partial charge in [0.05, 0.1) is 18.0 Å². The number of nitrogens with zero attached hydrogens (tertiary/aromatic N) is 1. The van der Waals surface area contributed by atoms with Crippen molar-refractivity contribution in [2.75, 3.05) is 24.3 Å². The number of rotatable bonds is 6. The molecule has 2 N–H and O–H groups in total. The molecule has 0 saturated heterocycles. The van der Waals surface area contributed by atoms with Crippen molar-refractivity contribution in [3.63, 3.8) is 0 Å². The highest BCUT2D eigenvalue weighted by Crippen LogP contribution is 2.32. The van der Waals surface area contributed by atoms with Crippen LogP contribution in [0, 0.1) is 6.92 Å². The Morgan fingerprint density at radius 1 is 1.10 bits per heavy atom. The second kappa shape index (κ2) is 7.02. The molecule has 0 aliphatic heterocycles. The van der Waals surface area contributed by atoms with Crippen LogP contribution in [0.4, 0.5) is 11.4 Å². The maximum Gasteiger partial charge on any atom is 0.144 e. The third-order valence-corrected chi connectivity index (χ3v) is 3.46. The number of anilines is 2. The van der Waals surface area contributed by atoms with Crippen molar-refractivity contribution in [2.45, 2.75) is 26.8 Å². The molecule has 0 fully saturated rings. The van der Waals surface area contributed by atoms with Crippen molar-refractivity contribution in [1.29, 1.82) is 0 Å². The molecule has 2 aromatic carbocycles. The zero-order chi connectivity index (χ0) is 15.2. The summed E-state index contributed by atoms with van der Waals surface area (Å²) >= 11 is 0. The van der Waals surface area contributed by atoms with Gasteiger partial charge in [-0.2, -0.15) is 0 Å². The van der Waals surface area contributed by atoms with Gasteiger partial charge in [-0.05, 0) is 31.0 Å². The molecule has 0 saturated carbocycles. The quantitative estimate of drug-likeness (QED) is 0.815. The monoisotopic (exact) mass is 284 g/mol. The second-order valence-electron chi connectivity index (χ2n) is 5.38. The smallest absolute Gasteiger partial charge is 0.144 e. The van der Waals surface area contributed by atoms with Gasteiger partial charge in [0, 0.05) is 13.6 Å². The molecule has 3 nitrogen and oxygen atoms in total. The standard InChI is InChI=1S/C18H24N2O/c1-4-12-21-17-7-5-6-16(18(17)19)20(3)13-15-10-8-14(2)9-11-15/h5-11H,4,12-13,19H2,1-3H3. The maximum absolute atomic E-state index is 6.24. The summed E-state index contributed by atoms with van der Waals surface area (Å²) in [6.45, 7) is 5.70. The average molecular weight is 284 g/mol. The van der Waals surface area contributed by atoms with Gasteiger partial charge >= 0.3 is 0 Å². The van der Waals surface area contributed by atoms with Crippen LogP contribution in [0.2, 0.25) is 0 Å². The molecule has 0 bridgehead atoms. The van der Waals surface area contributed by atoms with Gasteiger partial charge in [0.2, 0.25) is 0 Å². The van der Waals surface area contributed by atoms with E-state index in [-0.39, 0.29) is 0 Å². The fourth-order valence-corrected chi connectivity index (χ4v) is 2.26. The van der Waals surface area contributed by atoms with Crippen molar-refractivity contribution in [3.8, 4) is 5.75 Å². The van der Waals surface area contributed by atoms with E-state index in [1.165, 1.54) is 11.1 Å². The van der Waals surface area contributed by atoms with E-state index in [1.54, 1.807) is 0 Å². The minimum atomic E-state index is 0.690. The summed E-state index contributed by atoms with van der Waals surface area (Å²) < 4.78 is 5.69. The lowest BCUT2D eigenvalue weighted by atomic mass is 10.1. The number of benzene rings is 2. The number of hydrogen-bond donors (Lipinski definition) is 1. The third kappa shape index (κ3) is 3.91. The predicted molar refractivity (Wildman–Crippen MR) is 89.9 cm³/mol. The van der Waals surface area contributed by atoms with E-state index in [9.17, 15) is 0 Å². The first kappa shape index (κ1) is 15.2. The summed E-state index contributed by atoms with van der Waals surface area (Å²) in [5.74, 6) is 0.769. The van der Waals surface area contributed by atoms with Crippen LogP contribution in [0.3, 0.4) is 0 Å². The fraction of sp³-hybridized carbons (Fsp3) is 0.333. The molecule has 0 spiro atoms. The molecule has 2 rings (SSSR count). The number of ether oxygens (including phenoxy) is 1. The molecule has 112 valence electrons. The minimum Gasteiger partial charge on any atom is -0.491 e. The number of nitrogen functional groups attached to an aromatic ring is 1. The largest absolute Gasteiger partial charge is 0.491 e. The lowest BCUT2D eigenvalue weighted by Crippen LogP contribution is -2.18. The summed E-state index contributed by atoms with van der Waals surface area (Å²) in [4.78, 5) is 2.15. The molecular weight excluding hydrogens is 260 g/mol. The van der Waals surface area contributed by atoms with E-state index >= 15 is 0 Å². The Morgan fingerprint density at radius 3 is 2.48 bits per heavy atom. The second-order valence-corrected chi connectivity index (χ2v) is 5.38. The molecule has 0 unspecified atom stereocenters. The molecule has 0 atom stereocenters. The van der Waals surface area contributed by atoms with Crippen LogP contribution in [0.15, 0.2) is 42.5 Å². The average Bonchev–Trinajstić information content (AvgIpc) is 2.48. The van der Waals surface area contributed by atoms with E-state index < -0.39 is 0 Å². The van der Waals surface area contributed by atoms with Crippen LogP contribution in [0.1, 0.15) is 24.5 Å². The molecule has 2 aromatic rings. The number of para-hydroxylation sites is 1. The van der Waals surface area contributed by atoms with Gasteiger partial charge in [0.25, 0.3) is 0 Å². The van der Waals surface area contributed by atoms with E-state index in [1.807, 2.05) is 18.2 Å². The molecule has 0 radical (unpaired) electrons. The van der Waals surface area contributed by atoms with Gasteiger partial charge in [0.1, 0.15) is 5.75 Å². The summed E-state index contributed by atoms with van der Waals surface area (Å²) in [7, 11) is 2.05. The zero-order valence-corrected chi connectivity index (χ0v) is 13.1. The Labute approximate surface area is 127 Å². The molecule has 0 heterocycles. The van der Waals surface area contributed by atoms with Crippen molar-refractivity contribution in [3.05, 3.63) is 53.6 Å². The van der Waals surface area contributed by atoms with Gasteiger partial charge in [-0.25, -0.2) is 0 Å². The molecule has 0 aliphatic rings. The van der Waals surface area contributed by atoms with Gasteiger partial charge < -0.3 is 15.4 Å². The first-order valence-corrected chi connectivity index (χ1v) is 7.39. The number of nitrogens with two attached hydrogens (primary N) is 1. The van der Waals surface area contributed by atoms with E-state index in [4.69, 9.17) is 10.5 Å². The van der Waals surface area contributed by atoms with Crippen LogP contribution in [-0.2, 0) is 6.54 Å². The van der Waals surface area contributed by atoms with Crippen LogP contribution in [0.25, 0.3) is 0 Å². The van der Waals surface area contributed by atoms with Crippen LogP contribution < -0.4 is 15.4 Å². The summed E-state index contributed by atoms with van der Waals surface area (Å²) in [5, 5.41) is 0. The summed E-state index contributed by atoms with van der Waals surface area (Å²) in [6.07, 6.45) is 0.975. The number of aryl methyl sites for hydroxylation is 1. The van der Waals surface area contributed by atoms with Crippen molar-refractivity contribution < 1.29 is 4.74 Å². The Morgan fingerprint density at radius 2 is 1.81 bits per heavy atom. The zero-order valence-electron chi connectivity index (χ0n) is 13.1. The van der Waals surface area contributed by atoms with Crippen molar-refractivity contribution >= 4 is 11.4 Å².